The molecule has 0 aliphatic rings. The molecule has 0 aliphatic heterocycles. The van der Waals surface area contributed by atoms with Crippen molar-refractivity contribution in [2.45, 2.75) is 13.8 Å². The van der Waals surface area contributed by atoms with Crippen LogP contribution in [-0.2, 0) is 4.74 Å². The molecule has 6 heteroatoms. The summed E-state index contributed by atoms with van der Waals surface area (Å²) in [4.78, 5) is 20.4. The van der Waals surface area contributed by atoms with Crippen molar-refractivity contribution in [3.05, 3.63) is 35.5 Å². The van der Waals surface area contributed by atoms with Gasteiger partial charge in [0.25, 0.3) is 0 Å². The van der Waals surface area contributed by atoms with Crippen molar-refractivity contribution in [3.63, 3.8) is 0 Å². The number of rotatable bonds is 4. The number of aromatic nitrogens is 2. The molecule has 2 rings (SSSR count). The van der Waals surface area contributed by atoms with E-state index in [2.05, 4.69) is 9.97 Å². The number of carbonyl (C=O) groups excluding carboxylic acids is 1. The van der Waals surface area contributed by atoms with E-state index in [4.69, 9.17) is 15.2 Å². The highest BCUT2D eigenvalue weighted by molar-refractivity contribution is 5.95. The molecule has 0 saturated carbocycles. The van der Waals surface area contributed by atoms with E-state index in [1.54, 1.807) is 21.0 Å². The van der Waals surface area contributed by atoms with Gasteiger partial charge in [-0.2, -0.15) is 0 Å². The van der Waals surface area contributed by atoms with Crippen molar-refractivity contribution < 1.29 is 14.3 Å². The Kier molecular flexibility index (Phi) is 4.37. The number of ether oxygens (including phenoxy) is 2. The summed E-state index contributed by atoms with van der Waals surface area (Å²) in [6, 6.07) is 7.35. The summed E-state index contributed by atoms with van der Waals surface area (Å²) in [6.07, 6.45) is 0. The molecule has 1 heterocycles. The van der Waals surface area contributed by atoms with Gasteiger partial charge in [-0.15, -0.1) is 0 Å². The summed E-state index contributed by atoms with van der Waals surface area (Å²) < 4.78 is 10.2. The molecule has 0 unspecified atom stereocenters. The molecule has 0 radical (unpaired) electrons. The average molecular weight is 287 g/mol. The lowest BCUT2D eigenvalue weighted by molar-refractivity contribution is 0.0526. The van der Waals surface area contributed by atoms with E-state index in [-0.39, 0.29) is 18.0 Å². The fourth-order valence-electron chi connectivity index (χ4n) is 2.00. The van der Waals surface area contributed by atoms with E-state index in [9.17, 15) is 4.79 Å². The van der Waals surface area contributed by atoms with Crippen LogP contribution in [0, 0.1) is 6.92 Å². The van der Waals surface area contributed by atoms with Crippen LogP contribution in [0.4, 0.5) is 5.82 Å². The van der Waals surface area contributed by atoms with Gasteiger partial charge >= 0.3 is 5.97 Å². The van der Waals surface area contributed by atoms with Gasteiger partial charge in [-0.1, -0.05) is 12.1 Å². The number of anilines is 1. The number of para-hydroxylation sites is 1. The smallest absolute Gasteiger partial charge is 0.343 e. The van der Waals surface area contributed by atoms with Crippen LogP contribution < -0.4 is 10.5 Å². The maximum absolute atomic E-state index is 11.9. The SMILES string of the molecule is CCOC(=O)c1c(C)nc(-c2ccccc2OC)nc1N. The van der Waals surface area contributed by atoms with E-state index in [0.29, 0.717) is 22.8 Å². The quantitative estimate of drug-likeness (QED) is 0.867. The lowest BCUT2D eigenvalue weighted by atomic mass is 10.1. The molecule has 2 N–H and O–H groups in total. The van der Waals surface area contributed by atoms with Gasteiger partial charge in [-0.25, -0.2) is 14.8 Å². The lowest BCUT2D eigenvalue weighted by Gasteiger charge is -2.11. The minimum Gasteiger partial charge on any atom is -0.496 e. The molecule has 0 aliphatic carbocycles. The van der Waals surface area contributed by atoms with Crippen molar-refractivity contribution in [1.82, 2.24) is 9.97 Å². The molecule has 1 aromatic heterocycles. The lowest BCUT2D eigenvalue weighted by Crippen LogP contribution is -2.13. The second-order valence-corrected chi connectivity index (χ2v) is 4.31. The first-order chi connectivity index (χ1) is 10.1. The number of nitrogens with two attached hydrogens (primary N) is 1. The fourth-order valence-corrected chi connectivity index (χ4v) is 2.00. The van der Waals surface area contributed by atoms with E-state index in [0.717, 1.165) is 0 Å². The number of methoxy groups -OCH3 is 1. The van der Waals surface area contributed by atoms with Gasteiger partial charge in [-0.3, -0.25) is 0 Å². The van der Waals surface area contributed by atoms with Crippen molar-refractivity contribution in [1.29, 1.82) is 0 Å². The molecule has 0 bridgehead atoms. The van der Waals surface area contributed by atoms with Gasteiger partial charge in [-0.05, 0) is 26.0 Å². The molecule has 1 aromatic carbocycles. The highest BCUT2D eigenvalue weighted by Crippen LogP contribution is 2.28. The molecule has 0 atom stereocenters. The Morgan fingerprint density at radius 1 is 1.29 bits per heavy atom. The normalized spacial score (nSPS) is 10.2. The Bertz CT molecular complexity index is 648. The third kappa shape index (κ3) is 2.94. The second kappa shape index (κ2) is 6.21. The molecule has 21 heavy (non-hydrogen) atoms. The van der Waals surface area contributed by atoms with E-state index < -0.39 is 5.97 Å². The number of aryl methyl sites for hydroxylation is 1. The Hall–Kier alpha value is -2.63. The van der Waals surface area contributed by atoms with Crippen molar-refractivity contribution in [2.75, 3.05) is 19.5 Å². The van der Waals surface area contributed by atoms with Crippen LogP contribution in [0.15, 0.2) is 24.3 Å². The standard InChI is InChI=1S/C15H17N3O3/c1-4-21-15(19)12-9(2)17-14(18-13(12)16)10-7-5-6-8-11(10)20-3/h5-8H,4H2,1-3H3,(H2,16,17,18). The molecule has 2 aromatic rings. The number of nitrogen functional groups attached to an aromatic ring is 1. The number of benzene rings is 1. The van der Waals surface area contributed by atoms with Gasteiger partial charge in [0.1, 0.15) is 17.1 Å². The molecular weight excluding hydrogens is 270 g/mol. The van der Waals surface area contributed by atoms with Gasteiger partial charge in [0.15, 0.2) is 5.82 Å². The van der Waals surface area contributed by atoms with E-state index in [1.807, 2.05) is 24.3 Å². The van der Waals surface area contributed by atoms with Gasteiger partial charge < -0.3 is 15.2 Å². The van der Waals surface area contributed by atoms with Crippen LogP contribution in [0.2, 0.25) is 0 Å². The Balaban J connectivity index is 2.52. The third-order valence-corrected chi connectivity index (χ3v) is 2.95. The van der Waals surface area contributed by atoms with Crippen molar-refractivity contribution in [3.8, 4) is 17.1 Å². The number of nitrogens with zero attached hydrogens (tertiary/aromatic N) is 2. The zero-order valence-corrected chi connectivity index (χ0v) is 12.2. The predicted molar refractivity (Wildman–Crippen MR) is 79.1 cm³/mol. The largest absolute Gasteiger partial charge is 0.496 e. The van der Waals surface area contributed by atoms with Crippen molar-refractivity contribution in [2.24, 2.45) is 0 Å². The van der Waals surface area contributed by atoms with Crippen molar-refractivity contribution >= 4 is 11.8 Å². The van der Waals surface area contributed by atoms with E-state index >= 15 is 0 Å². The van der Waals surface area contributed by atoms with Crippen LogP contribution >= 0.6 is 0 Å². The Morgan fingerprint density at radius 3 is 2.62 bits per heavy atom. The maximum atomic E-state index is 11.9. The molecule has 0 fully saturated rings. The maximum Gasteiger partial charge on any atom is 0.343 e. The number of hydrogen-bond acceptors (Lipinski definition) is 6. The number of hydrogen-bond donors (Lipinski definition) is 1. The number of esters is 1. The van der Waals surface area contributed by atoms with Gasteiger partial charge in [0.05, 0.1) is 25.0 Å². The summed E-state index contributed by atoms with van der Waals surface area (Å²) in [7, 11) is 1.57. The molecule has 110 valence electrons. The minimum atomic E-state index is -0.515. The first-order valence-electron chi connectivity index (χ1n) is 6.53. The molecular formula is C15H17N3O3. The summed E-state index contributed by atoms with van der Waals surface area (Å²) >= 11 is 0. The van der Waals surface area contributed by atoms with Crippen LogP contribution in [-0.4, -0.2) is 29.7 Å². The summed E-state index contributed by atoms with van der Waals surface area (Å²) in [6.45, 7) is 3.70. The second-order valence-electron chi connectivity index (χ2n) is 4.31. The van der Waals surface area contributed by atoms with Crippen LogP contribution in [0.1, 0.15) is 23.0 Å². The summed E-state index contributed by atoms with van der Waals surface area (Å²) in [5.74, 6) is 0.636. The molecule has 0 amide bonds. The molecule has 0 spiro atoms. The van der Waals surface area contributed by atoms with Gasteiger partial charge in [0.2, 0.25) is 0 Å². The Morgan fingerprint density at radius 2 is 2.00 bits per heavy atom. The third-order valence-electron chi connectivity index (χ3n) is 2.95. The monoisotopic (exact) mass is 287 g/mol. The minimum absolute atomic E-state index is 0.0989. The first kappa shape index (κ1) is 14.8. The highest BCUT2D eigenvalue weighted by Gasteiger charge is 2.19. The van der Waals surface area contributed by atoms with E-state index in [1.165, 1.54) is 0 Å². The molecule has 6 nitrogen and oxygen atoms in total. The highest BCUT2D eigenvalue weighted by atomic mass is 16.5. The zero-order chi connectivity index (χ0) is 15.4. The van der Waals surface area contributed by atoms with Crippen LogP contribution in [0.5, 0.6) is 5.75 Å². The average Bonchev–Trinajstić information content (AvgIpc) is 2.46. The van der Waals surface area contributed by atoms with Crippen LogP contribution in [0.25, 0.3) is 11.4 Å². The summed E-state index contributed by atoms with van der Waals surface area (Å²) in [5.41, 5.74) is 7.28. The fraction of sp³-hybridized carbons (Fsp3) is 0.267. The topological polar surface area (TPSA) is 87.3 Å². The van der Waals surface area contributed by atoms with Crippen LogP contribution in [0.3, 0.4) is 0 Å². The molecule has 0 saturated heterocycles. The Labute approximate surface area is 122 Å². The zero-order valence-electron chi connectivity index (χ0n) is 12.2. The van der Waals surface area contributed by atoms with Gasteiger partial charge in [0, 0.05) is 0 Å². The number of carbonyl (C=O) groups is 1. The first-order valence-corrected chi connectivity index (χ1v) is 6.53. The predicted octanol–water partition coefficient (Wildman–Crippen LogP) is 2.22. The summed E-state index contributed by atoms with van der Waals surface area (Å²) in [5, 5.41) is 0.